The first-order valence-corrected chi connectivity index (χ1v) is 6.53. The maximum Gasteiger partial charge on any atom is 0.404 e. The maximum absolute atomic E-state index is 12.0. The average Bonchev–Trinajstić information content (AvgIpc) is 3.01. The molecule has 2 atom stereocenters. The molecular weight excluding hydrogens is 272 g/mol. The first kappa shape index (κ1) is 13.2. The molecule has 1 aromatic heterocycles. The van der Waals surface area contributed by atoms with E-state index in [-0.39, 0.29) is 17.9 Å². The summed E-state index contributed by atoms with van der Waals surface area (Å²) >= 11 is 0. The zero-order valence-electron chi connectivity index (χ0n) is 11.0. The molecule has 0 spiro atoms. The number of H-pyrrole nitrogens is 1. The lowest BCUT2D eigenvalue weighted by Crippen LogP contribution is -2.24. The van der Waals surface area contributed by atoms with Crippen LogP contribution < -0.4 is 10.6 Å². The van der Waals surface area contributed by atoms with E-state index >= 15 is 0 Å². The van der Waals surface area contributed by atoms with E-state index in [1.807, 2.05) is 12.1 Å². The predicted octanol–water partition coefficient (Wildman–Crippen LogP) is 1.79. The normalized spacial score (nSPS) is 19.8. The number of nitrogens with one attached hydrogen (secondary N) is 3. The zero-order valence-corrected chi connectivity index (χ0v) is 11.0. The van der Waals surface area contributed by atoms with Crippen molar-refractivity contribution in [1.82, 2.24) is 15.5 Å². The van der Waals surface area contributed by atoms with Gasteiger partial charge in [-0.25, -0.2) is 4.79 Å². The van der Waals surface area contributed by atoms with Crippen LogP contribution in [0.3, 0.4) is 0 Å². The number of anilines is 1. The Morgan fingerprint density at radius 3 is 2.67 bits per heavy atom. The summed E-state index contributed by atoms with van der Waals surface area (Å²) in [6.07, 6.45) is 2.92. The van der Waals surface area contributed by atoms with Crippen LogP contribution in [0.1, 0.15) is 28.3 Å². The van der Waals surface area contributed by atoms with E-state index in [0.717, 1.165) is 12.0 Å². The van der Waals surface area contributed by atoms with Crippen LogP contribution in [0.5, 0.6) is 0 Å². The summed E-state index contributed by atoms with van der Waals surface area (Å²) < 4.78 is 0. The summed E-state index contributed by atoms with van der Waals surface area (Å²) in [5.74, 6) is -0.00829. The van der Waals surface area contributed by atoms with Crippen molar-refractivity contribution in [3.63, 3.8) is 0 Å². The molecule has 0 bridgehead atoms. The third-order valence-electron chi connectivity index (χ3n) is 3.46. The Bertz CT molecular complexity index is 651. The fourth-order valence-electron chi connectivity index (χ4n) is 2.29. The fraction of sp³-hybridized carbons (Fsp3) is 0.214. The van der Waals surface area contributed by atoms with E-state index < -0.39 is 6.09 Å². The molecule has 1 aliphatic rings. The van der Waals surface area contributed by atoms with Gasteiger partial charge in [-0.3, -0.25) is 9.89 Å². The van der Waals surface area contributed by atoms with Crippen molar-refractivity contribution in [1.29, 1.82) is 0 Å². The van der Waals surface area contributed by atoms with Gasteiger partial charge in [0.15, 0.2) is 0 Å². The number of amides is 2. The van der Waals surface area contributed by atoms with Gasteiger partial charge in [0.1, 0.15) is 0 Å². The largest absolute Gasteiger partial charge is 0.465 e. The summed E-state index contributed by atoms with van der Waals surface area (Å²) in [6, 6.07) is 7.17. The summed E-state index contributed by atoms with van der Waals surface area (Å²) in [7, 11) is 0. The lowest BCUT2D eigenvalue weighted by molar-refractivity contribution is 0.102. The second-order valence-corrected chi connectivity index (χ2v) is 4.96. The second-order valence-electron chi connectivity index (χ2n) is 4.96. The van der Waals surface area contributed by atoms with Crippen molar-refractivity contribution in [2.75, 3.05) is 5.32 Å². The Balaban J connectivity index is 1.62. The van der Waals surface area contributed by atoms with Gasteiger partial charge in [0.05, 0.1) is 11.9 Å². The third kappa shape index (κ3) is 3.02. The topological polar surface area (TPSA) is 107 Å². The maximum atomic E-state index is 12.0. The van der Waals surface area contributed by atoms with Gasteiger partial charge in [-0.05, 0) is 24.1 Å². The SMILES string of the molecule is O=C(O)NC1CC1c1ccc(C(=O)Nc2cn[nH]c2)cc1. The van der Waals surface area contributed by atoms with Crippen LogP contribution >= 0.6 is 0 Å². The summed E-state index contributed by atoms with van der Waals surface area (Å²) in [5.41, 5.74) is 2.19. The predicted molar refractivity (Wildman–Crippen MR) is 75.3 cm³/mol. The van der Waals surface area contributed by atoms with Crippen molar-refractivity contribution in [2.24, 2.45) is 0 Å². The minimum absolute atomic E-state index is 0.0203. The molecule has 2 aromatic rings. The van der Waals surface area contributed by atoms with Gasteiger partial charge in [0, 0.05) is 23.7 Å². The highest BCUT2D eigenvalue weighted by Crippen LogP contribution is 2.40. The number of carboxylic acid groups (broad SMARTS) is 1. The van der Waals surface area contributed by atoms with Crippen LogP contribution in [0, 0.1) is 0 Å². The number of benzene rings is 1. The van der Waals surface area contributed by atoms with Gasteiger partial charge in [-0.1, -0.05) is 12.1 Å². The molecular formula is C14H14N4O3. The highest BCUT2D eigenvalue weighted by atomic mass is 16.4. The first-order chi connectivity index (χ1) is 10.1. The summed E-state index contributed by atoms with van der Waals surface area (Å²) in [4.78, 5) is 22.5. The Hall–Kier alpha value is -2.83. The van der Waals surface area contributed by atoms with Crippen LogP contribution in [0.2, 0.25) is 0 Å². The molecule has 0 radical (unpaired) electrons. The smallest absolute Gasteiger partial charge is 0.404 e. The number of hydrogen-bond acceptors (Lipinski definition) is 3. The van der Waals surface area contributed by atoms with Gasteiger partial charge >= 0.3 is 6.09 Å². The Labute approximate surface area is 120 Å². The number of hydrogen-bond donors (Lipinski definition) is 4. The molecule has 1 aromatic carbocycles. The molecule has 0 saturated heterocycles. The summed E-state index contributed by atoms with van der Waals surface area (Å²) in [6.45, 7) is 0. The zero-order chi connectivity index (χ0) is 14.8. The van der Waals surface area contributed by atoms with Gasteiger partial charge in [0.2, 0.25) is 0 Å². The molecule has 7 heteroatoms. The fourth-order valence-corrected chi connectivity index (χ4v) is 2.29. The minimum Gasteiger partial charge on any atom is -0.465 e. The number of aromatic nitrogens is 2. The molecule has 2 unspecified atom stereocenters. The van der Waals surface area contributed by atoms with Gasteiger partial charge < -0.3 is 15.7 Å². The monoisotopic (exact) mass is 286 g/mol. The van der Waals surface area contributed by atoms with Crippen molar-refractivity contribution in [3.8, 4) is 0 Å². The molecule has 2 amide bonds. The van der Waals surface area contributed by atoms with E-state index in [0.29, 0.717) is 11.3 Å². The third-order valence-corrected chi connectivity index (χ3v) is 3.46. The number of nitrogens with zero attached hydrogens (tertiary/aromatic N) is 1. The summed E-state index contributed by atoms with van der Waals surface area (Å²) in [5, 5.41) is 20.2. The van der Waals surface area contributed by atoms with E-state index in [2.05, 4.69) is 20.8 Å². The van der Waals surface area contributed by atoms with Crippen molar-refractivity contribution in [3.05, 3.63) is 47.8 Å². The molecule has 7 nitrogen and oxygen atoms in total. The van der Waals surface area contributed by atoms with Crippen molar-refractivity contribution >= 4 is 17.7 Å². The lowest BCUT2D eigenvalue weighted by Gasteiger charge is -2.04. The van der Waals surface area contributed by atoms with Crippen LogP contribution in [-0.4, -0.2) is 33.3 Å². The van der Waals surface area contributed by atoms with Crippen LogP contribution in [0.25, 0.3) is 0 Å². The molecule has 1 aliphatic carbocycles. The minimum atomic E-state index is -1.00. The molecule has 0 aliphatic heterocycles. The molecule has 1 saturated carbocycles. The highest BCUT2D eigenvalue weighted by molar-refractivity contribution is 6.04. The molecule has 1 fully saturated rings. The van der Waals surface area contributed by atoms with E-state index in [1.54, 1.807) is 18.3 Å². The van der Waals surface area contributed by atoms with Crippen LogP contribution in [-0.2, 0) is 0 Å². The Morgan fingerprint density at radius 1 is 1.29 bits per heavy atom. The van der Waals surface area contributed by atoms with Gasteiger partial charge in [-0.15, -0.1) is 0 Å². The van der Waals surface area contributed by atoms with E-state index in [4.69, 9.17) is 5.11 Å². The molecule has 3 rings (SSSR count). The number of carbonyl (C=O) groups is 2. The molecule has 4 N–H and O–H groups in total. The average molecular weight is 286 g/mol. The van der Waals surface area contributed by atoms with Gasteiger partial charge in [0.25, 0.3) is 5.91 Å². The quantitative estimate of drug-likeness (QED) is 0.687. The van der Waals surface area contributed by atoms with Crippen LogP contribution in [0.4, 0.5) is 10.5 Å². The van der Waals surface area contributed by atoms with Gasteiger partial charge in [-0.2, -0.15) is 5.10 Å². The Morgan fingerprint density at radius 2 is 2.05 bits per heavy atom. The van der Waals surface area contributed by atoms with Crippen molar-refractivity contribution in [2.45, 2.75) is 18.4 Å². The molecule has 21 heavy (non-hydrogen) atoms. The van der Waals surface area contributed by atoms with Crippen molar-refractivity contribution < 1.29 is 14.7 Å². The van der Waals surface area contributed by atoms with Crippen LogP contribution in [0.15, 0.2) is 36.7 Å². The van der Waals surface area contributed by atoms with E-state index in [9.17, 15) is 9.59 Å². The number of carbonyl (C=O) groups excluding carboxylic acids is 1. The van der Waals surface area contributed by atoms with E-state index in [1.165, 1.54) is 6.20 Å². The molecule has 108 valence electrons. The first-order valence-electron chi connectivity index (χ1n) is 6.53. The number of rotatable bonds is 4. The lowest BCUT2D eigenvalue weighted by atomic mass is 10.1. The highest BCUT2D eigenvalue weighted by Gasteiger charge is 2.39. The second kappa shape index (κ2) is 5.28. The number of aromatic amines is 1. The standard InChI is InChI=1S/C14H14N4O3/c19-13(17-10-6-15-16-7-10)9-3-1-8(2-4-9)11-5-12(11)18-14(20)21/h1-4,6-7,11-12,18H,5H2,(H,15,16)(H,17,19)(H,20,21). The molecule has 1 heterocycles. The Kier molecular flexibility index (Phi) is 3.31.